The van der Waals surface area contributed by atoms with Crippen molar-refractivity contribution in [1.29, 1.82) is 0 Å². The molecule has 0 amide bonds. The molecule has 1 saturated heterocycles. The van der Waals surface area contributed by atoms with E-state index >= 15 is 0 Å². The van der Waals surface area contributed by atoms with E-state index in [0.717, 1.165) is 0 Å². The van der Waals surface area contributed by atoms with Crippen LogP contribution in [-0.2, 0) is 20.8 Å². The predicted molar refractivity (Wildman–Crippen MR) is 151 cm³/mol. The maximum Gasteiger partial charge on any atom is 0.312 e. The number of amidine groups is 1. The molecule has 0 radical (unpaired) electrons. The van der Waals surface area contributed by atoms with E-state index in [1.807, 2.05) is 20.8 Å². The molecule has 2 aliphatic heterocycles. The Balaban J connectivity index is 1.44. The molecule has 5 atom stereocenters. The Labute approximate surface area is 242 Å². The number of ether oxygens (including phenoxy) is 2. The van der Waals surface area contributed by atoms with Gasteiger partial charge in [-0.15, -0.1) is 0 Å². The van der Waals surface area contributed by atoms with Crippen LogP contribution in [0, 0.1) is 30.5 Å². The van der Waals surface area contributed by atoms with Crippen molar-refractivity contribution in [3.8, 4) is 17.1 Å². The lowest BCUT2D eigenvalue weighted by atomic mass is 9.81. The van der Waals surface area contributed by atoms with Crippen molar-refractivity contribution in [2.75, 3.05) is 19.5 Å². The lowest BCUT2D eigenvalue weighted by molar-refractivity contribution is -0.148. The van der Waals surface area contributed by atoms with E-state index in [0.29, 0.717) is 46.0 Å². The Kier molecular flexibility index (Phi) is 8.32. The molecule has 0 aliphatic carbocycles. The van der Waals surface area contributed by atoms with Gasteiger partial charge >= 0.3 is 5.97 Å². The molecule has 42 heavy (non-hydrogen) atoms. The van der Waals surface area contributed by atoms with Gasteiger partial charge in [0, 0.05) is 12.0 Å². The first-order chi connectivity index (χ1) is 20.1. The van der Waals surface area contributed by atoms with Gasteiger partial charge < -0.3 is 20.3 Å². The molecule has 0 spiro atoms. The number of anilines is 1. The number of nitrogens with one attached hydrogen (secondary N) is 1. The van der Waals surface area contributed by atoms with E-state index < -0.39 is 36.0 Å². The van der Waals surface area contributed by atoms with Crippen LogP contribution < -0.4 is 16.0 Å². The Morgan fingerprint density at radius 2 is 2.00 bits per heavy atom. The highest BCUT2D eigenvalue weighted by atomic mass is 19.1. The molecule has 12 nitrogen and oxygen atoms in total. The van der Waals surface area contributed by atoms with Crippen LogP contribution in [0.4, 0.5) is 10.3 Å². The average molecular weight is 580 g/mol. The molecule has 1 fully saturated rings. The highest BCUT2D eigenvalue weighted by molar-refractivity contribution is 6.01. The van der Waals surface area contributed by atoms with Crippen LogP contribution in [0.5, 0.6) is 5.88 Å². The number of aliphatic hydroxyl groups is 1. The molecule has 3 aromatic rings. The molecule has 4 unspecified atom stereocenters. The number of nitrogens with zero attached hydrogens (tertiary/aromatic N) is 5. The van der Waals surface area contributed by atoms with Crippen LogP contribution in [0.1, 0.15) is 49.3 Å². The van der Waals surface area contributed by atoms with Crippen molar-refractivity contribution in [2.24, 2.45) is 22.7 Å². The first kappa shape index (κ1) is 29.3. The highest BCUT2D eigenvalue weighted by Gasteiger charge is 2.47. The highest BCUT2D eigenvalue weighted by Crippen LogP contribution is 2.36. The van der Waals surface area contributed by atoms with E-state index in [4.69, 9.17) is 25.0 Å². The standard InChI is InChI=1S/C29H34FN7O5/c1-13(2)14(3)24-26(38)22(42-28(24)39)12-41-37-27-25-15(4)33-29(31)36-20(25)9-19(35-27)17-7-6-16(30)8-18(17)21-10-32-11-23(34-21)40-5/h6-8,10-11,13-14,19,22,24,26,38H,9,12H2,1-5H3,(H,35,37)(H2,31,33,36)/t14?,19-,22?,24?,26?/m1/s1. The summed E-state index contributed by atoms with van der Waals surface area (Å²) in [7, 11) is 1.48. The quantitative estimate of drug-likeness (QED) is 0.265. The Bertz CT molecular complexity index is 1520. The van der Waals surface area contributed by atoms with Crippen LogP contribution in [0.25, 0.3) is 11.3 Å². The summed E-state index contributed by atoms with van der Waals surface area (Å²) in [6.07, 6.45) is 1.46. The second-order valence-electron chi connectivity index (χ2n) is 10.9. The van der Waals surface area contributed by atoms with Gasteiger partial charge in [-0.2, -0.15) is 0 Å². The van der Waals surface area contributed by atoms with E-state index in [1.54, 1.807) is 13.0 Å². The molecular weight excluding hydrogens is 545 g/mol. The number of hydrogen-bond acceptors (Lipinski definition) is 12. The van der Waals surface area contributed by atoms with Gasteiger partial charge in [0.1, 0.15) is 18.5 Å². The minimum atomic E-state index is -1.01. The van der Waals surface area contributed by atoms with Gasteiger partial charge in [0.15, 0.2) is 11.9 Å². The predicted octanol–water partition coefficient (Wildman–Crippen LogP) is 2.73. The van der Waals surface area contributed by atoms with Crippen molar-refractivity contribution in [2.45, 2.75) is 52.4 Å². The zero-order chi connectivity index (χ0) is 30.1. The van der Waals surface area contributed by atoms with Gasteiger partial charge in [-0.3, -0.25) is 19.6 Å². The number of aliphatic hydroxyl groups excluding tert-OH is 1. The molecule has 13 heteroatoms. The fourth-order valence-corrected chi connectivity index (χ4v) is 5.37. The maximum atomic E-state index is 14.5. The molecule has 222 valence electrons. The Morgan fingerprint density at radius 1 is 1.21 bits per heavy atom. The summed E-state index contributed by atoms with van der Waals surface area (Å²) in [5.74, 6) is -0.690. The number of esters is 1. The number of benzene rings is 1. The van der Waals surface area contributed by atoms with Gasteiger partial charge in [0.2, 0.25) is 11.8 Å². The molecule has 5 rings (SSSR count). The SMILES string of the molecule is COc1cncc(-c2cc(F)ccc2[C@H]2Cc3nc(N)nc(C)c3C(NOCC3OC(=O)C(C(C)C(C)C)C3O)=N2)n1. The number of aromatic nitrogens is 4. The second kappa shape index (κ2) is 11.9. The minimum Gasteiger partial charge on any atom is -0.480 e. The summed E-state index contributed by atoms with van der Waals surface area (Å²) < 4.78 is 25.1. The molecular formula is C29H34FN7O5. The number of nitrogens with two attached hydrogens (primary N) is 1. The number of cyclic esters (lactones) is 1. The van der Waals surface area contributed by atoms with Gasteiger partial charge in [0.05, 0.1) is 54.1 Å². The van der Waals surface area contributed by atoms with Crippen molar-refractivity contribution in [3.63, 3.8) is 0 Å². The third-order valence-electron chi connectivity index (χ3n) is 7.89. The summed E-state index contributed by atoms with van der Waals surface area (Å²) in [6, 6.07) is 3.83. The molecule has 4 N–H and O–H groups in total. The fourth-order valence-electron chi connectivity index (χ4n) is 5.37. The largest absolute Gasteiger partial charge is 0.480 e. The van der Waals surface area contributed by atoms with Crippen LogP contribution in [-0.4, -0.2) is 62.8 Å². The second-order valence-corrected chi connectivity index (χ2v) is 10.9. The summed E-state index contributed by atoms with van der Waals surface area (Å²) >= 11 is 0. The molecule has 2 aromatic heterocycles. The van der Waals surface area contributed by atoms with Gasteiger partial charge in [-0.1, -0.05) is 26.8 Å². The van der Waals surface area contributed by atoms with Crippen molar-refractivity contribution in [3.05, 3.63) is 58.9 Å². The maximum absolute atomic E-state index is 14.5. The molecule has 0 saturated carbocycles. The van der Waals surface area contributed by atoms with Gasteiger partial charge in [-0.05, 0) is 36.5 Å². The van der Waals surface area contributed by atoms with Crippen molar-refractivity contribution >= 4 is 17.8 Å². The smallest absolute Gasteiger partial charge is 0.312 e. The third-order valence-corrected chi connectivity index (χ3v) is 7.89. The minimum absolute atomic E-state index is 0.0646. The summed E-state index contributed by atoms with van der Waals surface area (Å²) in [5, 5.41) is 10.8. The van der Waals surface area contributed by atoms with E-state index in [2.05, 4.69) is 25.4 Å². The summed E-state index contributed by atoms with van der Waals surface area (Å²) in [6.45, 7) is 7.57. The molecule has 0 bridgehead atoms. The van der Waals surface area contributed by atoms with Crippen molar-refractivity contribution in [1.82, 2.24) is 25.4 Å². The number of halogens is 1. The monoisotopic (exact) mass is 579 g/mol. The zero-order valence-electron chi connectivity index (χ0n) is 24.0. The zero-order valence-corrected chi connectivity index (χ0v) is 24.0. The fraction of sp³-hybridized carbons (Fsp3) is 0.448. The first-order valence-corrected chi connectivity index (χ1v) is 13.7. The molecule has 4 heterocycles. The van der Waals surface area contributed by atoms with Crippen molar-refractivity contribution < 1.29 is 28.6 Å². The normalized spacial score (nSPS) is 22.4. The summed E-state index contributed by atoms with van der Waals surface area (Å²) in [5.41, 5.74) is 12.2. The number of fused-ring (bicyclic) bond motifs is 1. The number of rotatable bonds is 8. The number of carbonyl (C=O) groups is 1. The van der Waals surface area contributed by atoms with Gasteiger partial charge in [0.25, 0.3) is 0 Å². The van der Waals surface area contributed by atoms with E-state index in [-0.39, 0.29) is 30.3 Å². The Morgan fingerprint density at radius 3 is 2.74 bits per heavy atom. The number of aliphatic imine (C=N–C) groups is 1. The van der Waals surface area contributed by atoms with E-state index in [9.17, 15) is 14.3 Å². The van der Waals surface area contributed by atoms with Crippen LogP contribution in [0.15, 0.2) is 35.6 Å². The van der Waals surface area contributed by atoms with E-state index in [1.165, 1.54) is 31.6 Å². The van der Waals surface area contributed by atoms with Gasteiger partial charge in [-0.25, -0.2) is 24.8 Å². The van der Waals surface area contributed by atoms with Crippen LogP contribution in [0.3, 0.4) is 0 Å². The number of hydrogen-bond donors (Lipinski definition) is 3. The number of hydroxylamine groups is 1. The molecule has 1 aromatic carbocycles. The lowest BCUT2D eigenvalue weighted by Gasteiger charge is -2.26. The molecule has 2 aliphatic rings. The average Bonchev–Trinajstić information content (AvgIpc) is 3.24. The summed E-state index contributed by atoms with van der Waals surface area (Å²) in [4.78, 5) is 40.5. The Hall–Kier alpha value is -4.23. The third kappa shape index (κ3) is 5.74. The van der Waals surface area contributed by atoms with Crippen LogP contribution in [0.2, 0.25) is 0 Å². The topological polar surface area (TPSA) is 167 Å². The number of nitrogen functional groups attached to an aromatic ring is 1. The number of aryl methyl sites for hydroxylation is 1. The number of carbonyl (C=O) groups excluding carboxylic acids is 1. The van der Waals surface area contributed by atoms with Crippen LogP contribution >= 0.6 is 0 Å². The first-order valence-electron chi connectivity index (χ1n) is 13.7. The lowest BCUT2D eigenvalue weighted by Crippen LogP contribution is -2.38. The number of methoxy groups -OCH3 is 1.